The predicted molar refractivity (Wildman–Crippen MR) is 89.9 cm³/mol. The van der Waals surface area contributed by atoms with Crippen molar-refractivity contribution in [3.63, 3.8) is 0 Å². The van der Waals surface area contributed by atoms with Crippen molar-refractivity contribution in [3.05, 3.63) is 41.5 Å². The van der Waals surface area contributed by atoms with E-state index >= 15 is 0 Å². The summed E-state index contributed by atoms with van der Waals surface area (Å²) < 4.78 is 18.7. The minimum absolute atomic E-state index is 0.162. The molecule has 1 aromatic heterocycles. The van der Waals surface area contributed by atoms with Crippen LogP contribution in [0.4, 0.5) is 4.39 Å². The number of benzene rings is 1. The second-order valence-electron chi connectivity index (χ2n) is 6.40. The fourth-order valence-electron chi connectivity index (χ4n) is 3.19. The SMILES string of the molecule is Cc1oc(-c2ccc(F)cc2)nc1CCNC(=O)C1CCCCC1. The molecule has 0 aliphatic heterocycles. The highest BCUT2D eigenvalue weighted by atomic mass is 19.1. The first-order valence-corrected chi connectivity index (χ1v) is 8.63. The molecule has 1 aliphatic rings. The van der Waals surface area contributed by atoms with E-state index < -0.39 is 0 Å². The van der Waals surface area contributed by atoms with Gasteiger partial charge in [0, 0.05) is 24.4 Å². The standard InChI is InChI=1S/C19H23FN2O2/c1-13-17(11-12-21-18(23)14-5-3-2-4-6-14)22-19(24-13)15-7-9-16(20)10-8-15/h7-10,14H,2-6,11-12H2,1H3,(H,21,23). The second kappa shape index (κ2) is 7.60. The lowest BCUT2D eigenvalue weighted by Crippen LogP contribution is -2.33. The van der Waals surface area contributed by atoms with Crippen LogP contribution in [0.25, 0.3) is 11.5 Å². The van der Waals surface area contributed by atoms with Crippen molar-refractivity contribution in [3.8, 4) is 11.5 Å². The van der Waals surface area contributed by atoms with Crippen molar-refractivity contribution < 1.29 is 13.6 Å². The van der Waals surface area contributed by atoms with E-state index in [0.29, 0.717) is 18.9 Å². The molecular formula is C19H23FN2O2. The van der Waals surface area contributed by atoms with Crippen LogP contribution >= 0.6 is 0 Å². The Morgan fingerprint density at radius 2 is 1.96 bits per heavy atom. The molecule has 1 fully saturated rings. The van der Waals surface area contributed by atoms with Crippen LogP contribution in [0.15, 0.2) is 28.7 Å². The molecule has 0 radical (unpaired) electrons. The highest BCUT2D eigenvalue weighted by Gasteiger charge is 2.20. The minimum atomic E-state index is -0.285. The smallest absolute Gasteiger partial charge is 0.226 e. The van der Waals surface area contributed by atoms with Crippen LogP contribution < -0.4 is 5.32 Å². The molecule has 0 spiro atoms. The average molecular weight is 330 g/mol. The maximum absolute atomic E-state index is 13.0. The van der Waals surface area contributed by atoms with E-state index in [1.807, 2.05) is 6.92 Å². The van der Waals surface area contributed by atoms with E-state index in [0.717, 1.165) is 42.7 Å². The van der Waals surface area contributed by atoms with Crippen molar-refractivity contribution in [2.75, 3.05) is 6.54 Å². The monoisotopic (exact) mass is 330 g/mol. The van der Waals surface area contributed by atoms with Gasteiger partial charge in [-0.1, -0.05) is 19.3 Å². The molecule has 1 saturated carbocycles. The van der Waals surface area contributed by atoms with Crippen LogP contribution in [0.5, 0.6) is 0 Å². The number of oxazole rings is 1. The van der Waals surface area contributed by atoms with Gasteiger partial charge in [-0.2, -0.15) is 0 Å². The Kier molecular flexibility index (Phi) is 5.28. The first-order chi connectivity index (χ1) is 11.6. The summed E-state index contributed by atoms with van der Waals surface area (Å²) in [7, 11) is 0. The highest BCUT2D eigenvalue weighted by Crippen LogP contribution is 2.24. The fourth-order valence-corrected chi connectivity index (χ4v) is 3.19. The lowest BCUT2D eigenvalue weighted by molar-refractivity contribution is -0.125. The van der Waals surface area contributed by atoms with Gasteiger partial charge in [-0.25, -0.2) is 9.37 Å². The van der Waals surface area contributed by atoms with Crippen LogP contribution in [0.3, 0.4) is 0 Å². The van der Waals surface area contributed by atoms with Crippen molar-refractivity contribution in [2.45, 2.75) is 45.4 Å². The Morgan fingerprint density at radius 3 is 2.67 bits per heavy atom. The summed E-state index contributed by atoms with van der Waals surface area (Å²) in [6, 6.07) is 6.07. The lowest BCUT2D eigenvalue weighted by Gasteiger charge is -2.20. The molecule has 3 rings (SSSR count). The summed E-state index contributed by atoms with van der Waals surface area (Å²) in [5.41, 5.74) is 1.58. The van der Waals surface area contributed by atoms with Gasteiger partial charge in [-0.05, 0) is 44.0 Å². The average Bonchev–Trinajstić information content (AvgIpc) is 2.97. The van der Waals surface area contributed by atoms with Crippen LogP contribution in [-0.2, 0) is 11.2 Å². The van der Waals surface area contributed by atoms with E-state index in [9.17, 15) is 9.18 Å². The molecule has 4 nitrogen and oxygen atoms in total. The van der Waals surface area contributed by atoms with Gasteiger partial charge in [0.15, 0.2) is 0 Å². The zero-order valence-electron chi connectivity index (χ0n) is 14.0. The number of carbonyl (C=O) groups excluding carboxylic acids is 1. The molecule has 0 atom stereocenters. The van der Waals surface area contributed by atoms with Gasteiger partial charge in [-0.15, -0.1) is 0 Å². The molecule has 0 unspecified atom stereocenters. The zero-order valence-corrected chi connectivity index (χ0v) is 14.0. The molecule has 24 heavy (non-hydrogen) atoms. The van der Waals surface area contributed by atoms with Gasteiger partial charge in [0.1, 0.15) is 11.6 Å². The zero-order chi connectivity index (χ0) is 16.9. The third-order valence-corrected chi connectivity index (χ3v) is 4.62. The minimum Gasteiger partial charge on any atom is -0.441 e. The number of aromatic nitrogens is 1. The lowest BCUT2D eigenvalue weighted by atomic mass is 9.89. The van der Waals surface area contributed by atoms with Gasteiger partial charge in [-0.3, -0.25) is 4.79 Å². The number of hydrogen-bond acceptors (Lipinski definition) is 3. The maximum atomic E-state index is 13.0. The number of halogens is 1. The van der Waals surface area contributed by atoms with Crippen LogP contribution in [0.2, 0.25) is 0 Å². The molecule has 128 valence electrons. The first-order valence-electron chi connectivity index (χ1n) is 8.63. The Bertz CT molecular complexity index is 688. The molecule has 0 saturated heterocycles. The van der Waals surface area contributed by atoms with E-state index in [2.05, 4.69) is 10.3 Å². The second-order valence-corrected chi connectivity index (χ2v) is 6.40. The Labute approximate surface area is 141 Å². The van der Waals surface area contributed by atoms with Crippen LogP contribution in [0.1, 0.15) is 43.6 Å². The van der Waals surface area contributed by atoms with Crippen molar-refractivity contribution >= 4 is 5.91 Å². The number of carbonyl (C=O) groups is 1. The summed E-state index contributed by atoms with van der Waals surface area (Å²) in [4.78, 5) is 16.6. The number of nitrogens with zero attached hydrogens (tertiary/aromatic N) is 1. The quantitative estimate of drug-likeness (QED) is 0.900. The number of amides is 1. The normalized spacial score (nSPS) is 15.4. The largest absolute Gasteiger partial charge is 0.441 e. The number of rotatable bonds is 5. The van der Waals surface area contributed by atoms with E-state index in [1.54, 1.807) is 12.1 Å². The summed E-state index contributed by atoms with van der Waals surface area (Å²) in [5.74, 6) is 1.27. The van der Waals surface area contributed by atoms with Gasteiger partial charge < -0.3 is 9.73 Å². The third-order valence-electron chi connectivity index (χ3n) is 4.62. The predicted octanol–water partition coefficient (Wildman–Crippen LogP) is 4.03. The molecule has 1 amide bonds. The topological polar surface area (TPSA) is 55.1 Å². The molecule has 1 aliphatic carbocycles. The maximum Gasteiger partial charge on any atom is 0.226 e. The summed E-state index contributed by atoms with van der Waals surface area (Å²) in [6.45, 7) is 2.42. The van der Waals surface area contributed by atoms with Crippen molar-refractivity contribution in [1.29, 1.82) is 0 Å². The molecule has 1 aromatic carbocycles. The Balaban J connectivity index is 1.55. The third kappa shape index (κ3) is 4.02. The number of nitrogens with one attached hydrogen (secondary N) is 1. The Morgan fingerprint density at radius 1 is 1.25 bits per heavy atom. The molecule has 2 aromatic rings. The Hall–Kier alpha value is -2.17. The van der Waals surface area contributed by atoms with Gasteiger partial charge in [0.25, 0.3) is 0 Å². The van der Waals surface area contributed by atoms with Crippen molar-refractivity contribution in [2.24, 2.45) is 5.92 Å². The summed E-state index contributed by atoms with van der Waals surface area (Å²) in [6.07, 6.45) is 6.19. The van der Waals surface area contributed by atoms with Crippen LogP contribution in [-0.4, -0.2) is 17.4 Å². The van der Waals surface area contributed by atoms with E-state index in [-0.39, 0.29) is 17.6 Å². The van der Waals surface area contributed by atoms with E-state index in [1.165, 1.54) is 18.6 Å². The number of aryl methyl sites for hydroxylation is 1. The summed E-state index contributed by atoms with van der Waals surface area (Å²) >= 11 is 0. The van der Waals surface area contributed by atoms with Gasteiger partial charge >= 0.3 is 0 Å². The fraction of sp³-hybridized carbons (Fsp3) is 0.474. The van der Waals surface area contributed by atoms with Gasteiger partial charge in [0.2, 0.25) is 11.8 Å². The molecule has 1 heterocycles. The molecule has 1 N–H and O–H groups in total. The first kappa shape index (κ1) is 16.7. The van der Waals surface area contributed by atoms with Gasteiger partial charge in [0.05, 0.1) is 5.69 Å². The molecule has 5 heteroatoms. The van der Waals surface area contributed by atoms with E-state index in [4.69, 9.17) is 4.42 Å². The summed E-state index contributed by atoms with van der Waals surface area (Å²) in [5, 5.41) is 3.01. The highest BCUT2D eigenvalue weighted by molar-refractivity contribution is 5.78. The molecular weight excluding hydrogens is 307 g/mol. The van der Waals surface area contributed by atoms with Crippen molar-refractivity contribution in [1.82, 2.24) is 10.3 Å². The molecule has 0 bridgehead atoms. The number of hydrogen-bond donors (Lipinski definition) is 1. The van der Waals surface area contributed by atoms with Crippen LogP contribution in [0, 0.1) is 18.7 Å².